The number of imide groups is 2. The largest absolute Gasteiger partial charge is 0.491 e. The summed E-state index contributed by atoms with van der Waals surface area (Å²) in [6.45, 7) is 8.23. The minimum Gasteiger partial charge on any atom is -0.491 e. The number of nitrogens with one attached hydrogen (secondary N) is 3. The molecule has 2 aromatic rings. The van der Waals surface area contributed by atoms with Crippen molar-refractivity contribution in [1.82, 2.24) is 10.2 Å². The maximum absolute atomic E-state index is 13.1. The van der Waals surface area contributed by atoms with Gasteiger partial charge < -0.3 is 48.5 Å². The fraction of sp³-hybridized carbons (Fsp3) is 0.541. The highest BCUT2D eigenvalue weighted by atomic mass is 16.6. The van der Waals surface area contributed by atoms with E-state index < -0.39 is 29.7 Å². The van der Waals surface area contributed by atoms with Gasteiger partial charge in [0.15, 0.2) is 0 Å². The molecule has 3 N–H and O–H groups in total. The van der Waals surface area contributed by atoms with E-state index in [-0.39, 0.29) is 29.9 Å². The van der Waals surface area contributed by atoms with Gasteiger partial charge in [-0.05, 0) is 42.8 Å². The molecule has 296 valence electrons. The number of carbonyl (C=O) groups excluding carboxylic acids is 5. The van der Waals surface area contributed by atoms with E-state index in [2.05, 4.69) is 16.0 Å². The van der Waals surface area contributed by atoms with Crippen LogP contribution in [0.3, 0.4) is 0 Å². The molecule has 17 heteroatoms. The second-order valence-corrected chi connectivity index (χ2v) is 11.9. The van der Waals surface area contributed by atoms with Crippen molar-refractivity contribution < 1.29 is 61.9 Å². The van der Waals surface area contributed by atoms with Gasteiger partial charge in [-0.25, -0.2) is 0 Å². The highest BCUT2D eigenvalue weighted by molar-refractivity contribution is 6.25. The Morgan fingerprint density at radius 3 is 1.72 bits per heavy atom. The molecule has 1 atom stereocenters. The van der Waals surface area contributed by atoms with Crippen molar-refractivity contribution in [2.45, 2.75) is 25.8 Å². The third-order valence-corrected chi connectivity index (χ3v) is 7.93. The molecule has 5 amide bonds. The molecule has 1 saturated heterocycles. The number of amides is 5. The van der Waals surface area contributed by atoms with Crippen molar-refractivity contribution in [2.24, 2.45) is 0 Å². The number of carbonyl (C=O) groups is 5. The molecule has 2 aromatic carbocycles. The first-order valence-corrected chi connectivity index (χ1v) is 18.0. The Morgan fingerprint density at radius 1 is 0.685 bits per heavy atom. The van der Waals surface area contributed by atoms with Crippen molar-refractivity contribution in [3.63, 3.8) is 0 Å². The molecular formula is C37H50N4O13. The first-order valence-electron chi connectivity index (χ1n) is 18.0. The molecule has 0 saturated carbocycles. The summed E-state index contributed by atoms with van der Waals surface area (Å²) in [5.74, 6) is -1.60. The topological polar surface area (TPSA) is 199 Å². The van der Waals surface area contributed by atoms with Crippen molar-refractivity contribution >= 4 is 40.9 Å². The zero-order valence-corrected chi connectivity index (χ0v) is 30.6. The summed E-state index contributed by atoms with van der Waals surface area (Å²) in [6, 6.07) is 11.0. The van der Waals surface area contributed by atoms with Gasteiger partial charge in [0.2, 0.25) is 17.7 Å². The summed E-state index contributed by atoms with van der Waals surface area (Å²) in [5, 5.41) is 8.03. The van der Waals surface area contributed by atoms with Gasteiger partial charge in [-0.3, -0.25) is 34.2 Å². The third kappa shape index (κ3) is 14.4. The van der Waals surface area contributed by atoms with E-state index >= 15 is 0 Å². The van der Waals surface area contributed by atoms with Crippen LogP contribution in [0.1, 0.15) is 40.5 Å². The first kappa shape index (κ1) is 42.3. The number of hydrogen-bond donors (Lipinski definition) is 3. The zero-order valence-electron chi connectivity index (χ0n) is 30.6. The van der Waals surface area contributed by atoms with E-state index in [4.69, 9.17) is 37.9 Å². The highest BCUT2D eigenvalue weighted by Gasteiger charge is 2.45. The molecule has 0 aromatic heterocycles. The normalized spacial score (nSPS) is 15.4. The van der Waals surface area contributed by atoms with Crippen LogP contribution in [-0.4, -0.2) is 146 Å². The van der Waals surface area contributed by atoms with Gasteiger partial charge in [0.1, 0.15) is 18.4 Å². The van der Waals surface area contributed by atoms with Crippen LogP contribution in [-0.2, 0) is 47.5 Å². The lowest BCUT2D eigenvalue weighted by molar-refractivity contribution is -0.136. The Kier molecular flexibility index (Phi) is 18.8. The monoisotopic (exact) mass is 758 g/mol. The number of hydrogen-bond acceptors (Lipinski definition) is 14. The molecule has 1 unspecified atom stereocenters. The van der Waals surface area contributed by atoms with Crippen molar-refractivity contribution in [3.8, 4) is 5.75 Å². The quantitative estimate of drug-likeness (QED) is 0.0837. The average Bonchev–Trinajstić information content (AvgIpc) is 3.41. The second kappa shape index (κ2) is 24.0. The Morgan fingerprint density at radius 2 is 1.20 bits per heavy atom. The van der Waals surface area contributed by atoms with E-state index in [1.807, 2.05) is 0 Å². The Bertz CT molecular complexity index is 1510. The van der Waals surface area contributed by atoms with E-state index in [9.17, 15) is 24.0 Å². The predicted molar refractivity (Wildman–Crippen MR) is 194 cm³/mol. The van der Waals surface area contributed by atoms with Gasteiger partial charge in [-0.2, -0.15) is 0 Å². The van der Waals surface area contributed by atoms with E-state index in [1.165, 1.54) is 6.92 Å². The van der Waals surface area contributed by atoms with Crippen LogP contribution < -0.4 is 20.7 Å². The van der Waals surface area contributed by atoms with Crippen LogP contribution in [0.15, 0.2) is 42.5 Å². The fourth-order valence-corrected chi connectivity index (χ4v) is 5.40. The standard InChI is InChI=1S/C37H50N4O13/c1-27(42)39-28-5-7-29(8-6-28)54-26-25-53-24-23-52-22-21-51-20-19-50-18-17-49-16-15-48-14-13-47-12-11-38-31-4-2-3-30-34(31)37(46)41(36(30)45)32-9-10-33(43)40-35(32)44/h2-8,32,38H,9-26H2,1H3,(H,39,42)(H,40,43,44). The Hall–Kier alpha value is -4.49. The van der Waals surface area contributed by atoms with E-state index in [0.717, 1.165) is 10.6 Å². The van der Waals surface area contributed by atoms with E-state index in [1.54, 1.807) is 42.5 Å². The number of rotatable bonds is 28. The van der Waals surface area contributed by atoms with Gasteiger partial charge in [0.05, 0.1) is 104 Å². The van der Waals surface area contributed by atoms with Gasteiger partial charge in [-0.15, -0.1) is 0 Å². The number of anilines is 2. The summed E-state index contributed by atoms with van der Waals surface area (Å²) in [4.78, 5) is 61.9. The molecule has 1 fully saturated rings. The molecule has 2 aliphatic heterocycles. The van der Waals surface area contributed by atoms with Crippen LogP contribution in [0.4, 0.5) is 11.4 Å². The molecule has 0 bridgehead atoms. The summed E-state index contributed by atoms with van der Waals surface area (Å²) in [5.41, 5.74) is 1.62. The van der Waals surface area contributed by atoms with Crippen LogP contribution in [0.2, 0.25) is 0 Å². The summed E-state index contributed by atoms with van der Waals surface area (Å²) in [7, 11) is 0. The molecule has 0 spiro atoms. The van der Waals surface area contributed by atoms with Crippen molar-refractivity contribution in [3.05, 3.63) is 53.6 Å². The van der Waals surface area contributed by atoms with Crippen LogP contribution in [0, 0.1) is 0 Å². The van der Waals surface area contributed by atoms with Crippen LogP contribution in [0.5, 0.6) is 5.75 Å². The zero-order chi connectivity index (χ0) is 38.4. The predicted octanol–water partition coefficient (Wildman–Crippen LogP) is 1.65. The lowest BCUT2D eigenvalue weighted by Gasteiger charge is -2.27. The lowest BCUT2D eigenvalue weighted by atomic mass is 10.0. The van der Waals surface area contributed by atoms with Crippen LogP contribution in [0.25, 0.3) is 0 Å². The summed E-state index contributed by atoms with van der Waals surface area (Å²) < 4.78 is 44.1. The number of ether oxygens (including phenoxy) is 8. The van der Waals surface area contributed by atoms with Crippen molar-refractivity contribution in [1.29, 1.82) is 0 Å². The minimum atomic E-state index is -1.01. The maximum atomic E-state index is 13.1. The fourth-order valence-electron chi connectivity index (χ4n) is 5.40. The van der Waals surface area contributed by atoms with Crippen LogP contribution >= 0.6 is 0 Å². The highest BCUT2D eigenvalue weighted by Crippen LogP contribution is 2.32. The summed E-state index contributed by atoms with van der Waals surface area (Å²) in [6.07, 6.45) is 0.165. The number of fused-ring (bicyclic) bond motifs is 1. The van der Waals surface area contributed by atoms with Gasteiger partial charge in [0, 0.05) is 31.3 Å². The smallest absolute Gasteiger partial charge is 0.264 e. The SMILES string of the molecule is CC(=O)Nc1ccc(OCCOCCOCCOCCOCCOCCOCCOCCNc2cccc3c2C(=O)N(C2CCC(=O)NC2=O)C3=O)cc1. The number of piperidine rings is 1. The first-order chi connectivity index (χ1) is 26.3. The molecule has 0 radical (unpaired) electrons. The Labute approximate surface area is 314 Å². The maximum Gasteiger partial charge on any atom is 0.264 e. The lowest BCUT2D eigenvalue weighted by Crippen LogP contribution is -2.54. The van der Waals surface area contributed by atoms with E-state index in [0.29, 0.717) is 117 Å². The van der Waals surface area contributed by atoms with Gasteiger partial charge >= 0.3 is 0 Å². The molecule has 2 heterocycles. The molecule has 54 heavy (non-hydrogen) atoms. The second-order valence-electron chi connectivity index (χ2n) is 11.9. The molecule has 2 aliphatic rings. The summed E-state index contributed by atoms with van der Waals surface area (Å²) >= 11 is 0. The minimum absolute atomic E-state index is 0.0635. The molecule has 17 nitrogen and oxygen atoms in total. The van der Waals surface area contributed by atoms with Crippen molar-refractivity contribution in [2.75, 3.05) is 116 Å². The molecule has 0 aliphatic carbocycles. The third-order valence-electron chi connectivity index (χ3n) is 7.93. The Balaban J connectivity index is 0.875. The van der Waals surface area contributed by atoms with Gasteiger partial charge in [-0.1, -0.05) is 6.07 Å². The number of benzene rings is 2. The average molecular weight is 759 g/mol. The molecular weight excluding hydrogens is 708 g/mol. The number of nitrogens with zero attached hydrogens (tertiary/aromatic N) is 1. The van der Waals surface area contributed by atoms with Gasteiger partial charge in [0.25, 0.3) is 11.8 Å². The molecule has 4 rings (SSSR count).